The number of methoxy groups -OCH3 is 1. The van der Waals surface area contributed by atoms with Crippen molar-refractivity contribution in [3.63, 3.8) is 0 Å². The Bertz CT molecular complexity index is 1120. The van der Waals surface area contributed by atoms with Crippen molar-refractivity contribution in [2.45, 2.75) is 103 Å². The molecule has 1 saturated carbocycles. The van der Waals surface area contributed by atoms with Crippen LogP contribution in [-0.2, 0) is 20.8 Å². The Hall–Kier alpha value is -1.62. The van der Waals surface area contributed by atoms with Gasteiger partial charge in [-0.2, -0.15) is 0 Å². The van der Waals surface area contributed by atoms with Gasteiger partial charge >= 0.3 is 0 Å². The van der Waals surface area contributed by atoms with E-state index in [1.165, 1.54) is 11.1 Å². The zero-order valence-corrected chi connectivity index (χ0v) is 25.8. The maximum Gasteiger partial charge on any atom is 0.187 e. The molecule has 42 heavy (non-hydrogen) atoms. The van der Waals surface area contributed by atoms with Gasteiger partial charge in [0.25, 0.3) is 0 Å². The lowest BCUT2D eigenvalue weighted by Gasteiger charge is -2.46. The molecule has 0 amide bonds. The van der Waals surface area contributed by atoms with E-state index in [4.69, 9.17) is 14.2 Å². The Morgan fingerprint density at radius 3 is 2.45 bits per heavy atom. The van der Waals surface area contributed by atoms with Crippen molar-refractivity contribution in [2.75, 3.05) is 20.3 Å². The molecule has 1 heterocycles. The highest BCUT2D eigenvalue weighted by Crippen LogP contribution is 2.55. The lowest BCUT2D eigenvalue weighted by Crippen LogP contribution is -2.61. The zero-order valence-electron chi connectivity index (χ0n) is 25.8. The van der Waals surface area contributed by atoms with E-state index in [9.17, 15) is 20.4 Å². The first-order valence-electron chi connectivity index (χ1n) is 15.8. The third-order valence-electron chi connectivity index (χ3n) is 10.4. The number of fused-ring (bicyclic) bond motifs is 2. The zero-order chi connectivity index (χ0) is 30.2. The number of hydrogen-bond acceptors (Lipinski definition) is 8. The van der Waals surface area contributed by atoms with Crippen molar-refractivity contribution < 1.29 is 34.6 Å². The van der Waals surface area contributed by atoms with Crippen LogP contribution in [0.25, 0.3) is 0 Å². The average Bonchev–Trinajstić information content (AvgIpc) is 3.52. The smallest absolute Gasteiger partial charge is 0.187 e. The van der Waals surface area contributed by atoms with Gasteiger partial charge < -0.3 is 40.0 Å². The minimum Gasteiger partial charge on any atom is -0.390 e. The molecule has 0 spiro atoms. The Balaban J connectivity index is 1.43. The number of rotatable bonds is 9. The van der Waals surface area contributed by atoms with E-state index in [0.29, 0.717) is 19.1 Å². The predicted octanol–water partition coefficient (Wildman–Crippen LogP) is 3.33. The number of hydrogen-bond donors (Lipinski definition) is 5. The molecule has 11 atom stereocenters. The summed E-state index contributed by atoms with van der Waals surface area (Å²) in [7, 11) is 1.75. The van der Waals surface area contributed by atoms with Crippen molar-refractivity contribution in [1.29, 1.82) is 0 Å². The van der Waals surface area contributed by atoms with Crippen LogP contribution < -0.4 is 5.32 Å². The summed E-state index contributed by atoms with van der Waals surface area (Å²) in [5.74, 6) is 0.737. The monoisotopic (exact) mass is 585 g/mol. The molecule has 0 unspecified atom stereocenters. The van der Waals surface area contributed by atoms with Crippen LogP contribution in [0.1, 0.15) is 58.9 Å². The highest BCUT2D eigenvalue weighted by Gasteiger charge is 2.52. The lowest BCUT2D eigenvalue weighted by atomic mass is 9.68. The summed E-state index contributed by atoms with van der Waals surface area (Å²) in [5.41, 5.74) is 4.51. The van der Waals surface area contributed by atoms with Gasteiger partial charge in [-0.1, -0.05) is 75.2 Å². The molecular formula is C34H51NO7. The summed E-state index contributed by atoms with van der Waals surface area (Å²) in [6.07, 6.45) is -1.45. The first-order valence-corrected chi connectivity index (χ1v) is 15.8. The maximum atomic E-state index is 12.1. The number of aliphatic hydroxyl groups excluding tert-OH is 4. The van der Waals surface area contributed by atoms with Crippen molar-refractivity contribution in [2.24, 2.45) is 29.1 Å². The summed E-state index contributed by atoms with van der Waals surface area (Å²) >= 11 is 0. The minimum absolute atomic E-state index is 0.0891. The molecule has 1 aliphatic heterocycles. The molecule has 5 N–H and O–H groups in total. The molecule has 234 valence electrons. The molecule has 1 saturated heterocycles. The Morgan fingerprint density at radius 2 is 1.76 bits per heavy atom. The van der Waals surface area contributed by atoms with Crippen LogP contribution in [-0.4, -0.2) is 83.6 Å². The topological polar surface area (TPSA) is 121 Å². The van der Waals surface area contributed by atoms with Crippen molar-refractivity contribution in [3.8, 4) is 0 Å². The van der Waals surface area contributed by atoms with Crippen LogP contribution >= 0.6 is 0 Å². The van der Waals surface area contributed by atoms with Crippen LogP contribution in [0.15, 0.2) is 53.1 Å². The summed E-state index contributed by atoms with van der Waals surface area (Å²) in [5, 5.41) is 48.0. The van der Waals surface area contributed by atoms with E-state index >= 15 is 0 Å². The molecule has 5 rings (SSSR count). The number of nitrogens with one attached hydrogen (secondary N) is 1. The summed E-state index contributed by atoms with van der Waals surface area (Å²) in [4.78, 5) is 0. The van der Waals surface area contributed by atoms with E-state index in [1.807, 2.05) is 30.3 Å². The van der Waals surface area contributed by atoms with E-state index in [2.05, 4.69) is 39.1 Å². The first kappa shape index (κ1) is 31.8. The van der Waals surface area contributed by atoms with Gasteiger partial charge in [0.2, 0.25) is 0 Å². The van der Waals surface area contributed by atoms with Crippen molar-refractivity contribution in [3.05, 3.63) is 58.7 Å². The minimum atomic E-state index is -1.46. The highest BCUT2D eigenvalue weighted by molar-refractivity contribution is 5.41. The maximum absolute atomic E-state index is 12.1. The second-order valence-corrected chi connectivity index (χ2v) is 13.5. The van der Waals surface area contributed by atoms with Gasteiger partial charge in [0.05, 0.1) is 12.7 Å². The lowest BCUT2D eigenvalue weighted by molar-refractivity contribution is -0.310. The van der Waals surface area contributed by atoms with Crippen LogP contribution in [0.2, 0.25) is 0 Å². The van der Waals surface area contributed by atoms with Gasteiger partial charge in [-0.3, -0.25) is 0 Å². The fourth-order valence-electron chi connectivity index (χ4n) is 7.97. The molecule has 0 radical (unpaired) electrons. The van der Waals surface area contributed by atoms with Crippen LogP contribution in [0.3, 0.4) is 0 Å². The second kappa shape index (κ2) is 13.2. The van der Waals surface area contributed by atoms with Crippen LogP contribution in [0, 0.1) is 29.1 Å². The summed E-state index contributed by atoms with van der Waals surface area (Å²) in [6, 6.07) is 9.90. The molecule has 8 heteroatoms. The van der Waals surface area contributed by atoms with Crippen molar-refractivity contribution in [1.82, 2.24) is 5.32 Å². The van der Waals surface area contributed by atoms with Crippen LogP contribution in [0.5, 0.6) is 0 Å². The summed E-state index contributed by atoms with van der Waals surface area (Å²) in [6.45, 7) is 10.2. The molecule has 1 aromatic rings. The number of ether oxygens (including phenoxy) is 3. The molecule has 3 aliphatic carbocycles. The Morgan fingerprint density at radius 1 is 1.02 bits per heavy atom. The third kappa shape index (κ3) is 6.15. The quantitative estimate of drug-likeness (QED) is 0.280. The summed E-state index contributed by atoms with van der Waals surface area (Å²) < 4.78 is 18.4. The van der Waals surface area contributed by atoms with Gasteiger partial charge in [-0.25, -0.2) is 0 Å². The number of allylic oxidation sites excluding steroid dienone is 2. The molecular weight excluding hydrogens is 534 g/mol. The van der Waals surface area contributed by atoms with Gasteiger partial charge in [-0.15, -0.1) is 0 Å². The predicted molar refractivity (Wildman–Crippen MR) is 160 cm³/mol. The fraction of sp³-hybridized carbons (Fsp3) is 0.706. The average molecular weight is 586 g/mol. The Labute approximate surface area is 250 Å². The molecule has 4 aliphatic rings. The standard InChI is InChI=1S/C34H51NO7/c1-19(2)23-13-14-34(4)15-25-22(18-40-5)11-12-24(25)20(3)28(36)32(27(23)34)42-33-31(39)30(38)29(37)26(41-33)17-35-16-21-9-7-6-8-10-21/h6-10,15,19-20,22,24,26,28-33,35-39H,11-14,16-18H2,1-5H3/b25-15-/t20-,22-,24+,26-,28-,29-,30+,31-,32-,33-,34-/m1/s1. The van der Waals surface area contributed by atoms with E-state index in [0.717, 1.165) is 36.8 Å². The van der Waals surface area contributed by atoms with E-state index in [-0.39, 0.29) is 29.7 Å². The SMILES string of the molecule is COC[C@H]1CC[C@@H]2/C1=C\[C@@]1(C)CCC(C(C)C)=C1[C@@H](O[C@H]1O[C@H](CNCc3ccccc3)[C@@H](O)[C@H](O)[C@H]1O)[C@H](O)[C@@H]2C. The van der Waals surface area contributed by atoms with Crippen LogP contribution in [0.4, 0.5) is 0 Å². The molecule has 0 aromatic heterocycles. The normalized spacial score (nSPS) is 41.7. The third-order valence-corrected chi connectivity index (χ3v) is 10.4. The largest absolute Gasteiger partial charge is 0.390 e. The molecule has 1 aromatic carbocycles. The molecule has 8 nitrogen and oxygen atoms in total. The van der Waals surface area contributed by atoms with E-state index in [1.54, 1.807) is 7.11 Å². The Kier molecular flexibility index (Phi) is 9.97. The van der Waals surface area contributed by atoms with Gasteiger partial charge in [0, 0.05) is 31.5 Å². The molecule has 2 fully saturated rings. The number of aliphatic hydroxyl groups is 4. The second-order valence-electron chi connectivity index (χ2n) is 13.5. The van der Waals surface area contributed by atoms with Crippen molar-refractivity contribution >= 4 is 0 Å². The van der Waals surface area contributed by atoms with Gasteiger partial charge in [0.15, 0.2) is 6.29 Å². The fourth-order valence-corrected chi connectivity index (χ4v) is 7.97. The molecule has 0 bridgehead atoms. The van der Waals surface area contributed by atoms with Gasteiger partial charge in [0.1, 0.15) is 30.5 Å². The van der Waals surface area contributed by atoms with E-state index < -0.39 is 42.9 Å². The first-order chi connectivity index (χ1) is 20.1. The van der Waals surface area contributed by atoms with Gasteiger partial charge in [-0.05, 0) is 54.6 Å². The number of benzene rings is 1. The highest BCUT2D eigenvalue weighted by atomic mass is 16.7.